The summed E-state index contributed by atoms with van der Waals surface area (Å²) in [6, 6.07) is 4.80. The van der Waals surface area contributed by atoms with Gasteiger partial charge in [0.25, 0.3) is 0 Å². The standard InChI is InChI=1S/C10H11Br2N/c1-6-10-7(2-3-13-6)4-8(11)5-9(10)12/h4-6,13H,2-3H2,1H3. The van der Waals surface area contributed by atoms with Crippen LogP contribution in [0.25, 0.3) is 0 Å². The first-order valence-corrected chi connectivity index (χ1v) is 5.98. The van der Waals surface area contributed by atoms with Crippen molar-refractivity contribution >= 4 is 31.9 Å². The van der Waals surface area contributed by atoms with Crippen LogP contribution in [-0.2, 0) is 6.42 Å². The summed E-state index contributed by atoms with van der Waals surface area (Å²) in [6.07, 6.45) is 1.12. The lowest BCUT2D eigenvalue weighted by Gasteiger charge is -2.25. The Kier molecular flexibility index (Phi) is 2.77. The maximum absolute atomic E-state index is 3.60. The summed E-state index contributed by atoms with van der Waals surface area (Å²) < 4.78 is 2.36. The smallest absolute Gasteiger partial charge is 0.0305 e. The Balaban J connectivity index is 2.56. The van der Waals surface area contributed by atoms with Crippen molar-refractivity contribution in [3.8, 4) is 0 Å². The van der Waals surface area contributed by atoms with Crippen molar-refractivity contribution in [1.29, 1.82) is 0 Å². The minimum Gasteiger partial charge on any atom is -0.310 e. The summed E-state index contributed by atoms with van der Waals surface area (Å²) in [7, 11) is 0. The quantitative estimate of drug-likeness (QED) is 0.774. The van der Waals surface area contributed by atoms with E-state index in [0.29, 0.717) is 6.04 Å². The van der Waals surface area contributed by atoms with E-state index in [9.17, 15) is 0 Å². The molecule has 1 unspecified atom stereocenters. The number of nitrogens with one attached hydrogen (secondary N) is 1. The van der Waals surface area contributed by atoms with Crippen LogP contribution in [-0.4, -0.2) is 6.54 Å². The summed E-state index contributed by atoms with van der Waals surface area (Å²) in [5, 5.41) is 3.45. The average Bonchev–Trinajstić information content (AvgIpc) is 2.02. The third-order valence-electron chi connectivity index (χ3n) is 2.46. The fourth-order valence-electron chi connectivity index (χ4n) is 1.86. The molecule has 0 bridgehead atoms. The Morgan fingerprint density at radius 1 is 1.38 bits per heavy atom. The third-order valence-corrected chi connectivity index (χ3v) is 3.57. The first-order valence-electron chi connectivity index (χ1n) is 4.39. The molecule has 0 spiro atoms. The Morgan fingerprint density at radius 2 is 2.15 bits per heavy atom. The fraction of sp³-hybridized carbons (Fsp3) is 0.400. The molecule has 1 aromatic carbocycles. The Hall–Kier alpha value is 0.140. The highest BCUT2D eigenvalue weighted by Crippen LogP contribution is 2.32. The van der Waals surface area contributed by atoms with Gasteiger partial charge >= 0.3 is 0 Å². The second-order valence-corrected chi connectivity index (χ2v) is 5.16. The van der Waals surface area contributed by atoms with Crippen LogP contribution in [0.4, 0.5) is 0 Å². The van der Waals surface area contributed by atoms with E-state index in [1.807, 2.05) is 0 Å². The number of halogens is 2. The topological polar surface area (TPSA) is 12.0 Å². The van der Waals surface area contributed by atoms with Gasteiger partial charge in [0.15, 0.2) is 0 Å². The van der Waals surface area contributed by atoms with E-state index in [1.165, 1.54) is 15.6 Å². The Bertz CT molecular complexity index is 336. The molecule has 0 fully saturated rings. The number of rotatable bonds is 0. The first-order chi connectivity index (χ1) is 6.18. The molecule has 0 saturated heterocycles. The van der Waals surface area contributed by atoms with Crippen molar-refractivity contribution < 1.29 is 0 Å². The van der Waals surface area contributed by atoms with Crippen LogP contribution in [0.3, 0.4) is 0 Å². The number of hydrogen-bond acceptors (Lipinski definition) is 1. The number of hydrogen-bond donors (Lipinski definition) is 1. The van der Waals surface area contributed by atoms with Gasteiger partial charge in [0, 0.05) is 15.0 Å². The van der Waals surface area contributed by atoms with Gasteiger partial charge in [-0.25, -0.2) is 0 Å². The van der Waals surface area contributed by atoms with Gasteiger partial charge in [-0.05, 0) is 43.1 Å². The van der Waals surface area contributed by atoms with Crippen molar-refractivity contribution in [1.82, 2.24) is 5.32 Å². The summed E-state index contributed by atoms with van der Waals surface area (Å²) in [5.74, 6) is 0. The lowest BCUT2D eigenvalue weighted by atomic mass is 9.96. The van der Waals surface area contributed by atoms with Crippen LogP contribution < -0.4 is 5.32 Å². The van der Waals surface area contributed by atoms with Crippen molar-refractivity contribution in [2.75, 3.05) is 6.54 Å². The highest BCUT2D eigenvalue weighted by molar-refractivity contribution is 9.11. The van der Waals surface area contributed by atoms with E-state index in [0.717, 1.165) is 17.4 Å². The molecule has 3 heteroatoms. The van der Waals surface area contributed by atoms with Crippen molar-refractivity contribution in [2.24, 2.45) is 0 Å². The van der Waals surface area contributed by atoms with Crippen LogP contribution in [0, 0.1) is 0 Å². The summed E-state index contributed by atoms with van der Waals surface area (Å²) in [5.41, 5.74) is 2.86. The zero-order chi connectivity index (χ0) is 9.42. The van der Waals surface area contributed by atoms with Crippen LogP contribution >= 0.6 is 31.9 Å². The molecule has 1 aliphatic heterocycles. The molecule has 0 radical (unpaired) electrons. The van der Waals surface area contributed by atoms with Crippen LogP contribution in [0.5, 0.6) is 0 Å². The van der Waals surface area contributed by atoms with Gasteiger partial charge in [0.05, 0.1) is 0 Å². The van der Waals surface area contributed by atoms with Gasteiger partial charge in [-0.1, -0.05) is 31.9 Å². The van der Waals surface area contributed by atoms with Crippen LogP contribution in [0.2, 0.25) is 0 Å². The normalized spacial score (nSPS) is 21.3. The molecular formula is C10H11Br2N. The predicted octanol–water partition coefficient (Wildman–Crippen LogP) is 3.42. The highest BCUT2D eigenvalue weighted by atomic mass is 79.9. The molecule has 0 aliphatic carbocycles. The SMILES string of the molecule is CC1NCCc2cc(Br)cc(Br)c21. The van der Waals surface area contributed by atoms with Crippen molar-refractivity contribution in [3.63, 3.8) is 0 Å². The van der Waals surface area contributed by atoms with Crippen LogP contribution in [0.15, 0.2) is 21.1 Å². The number of fused-ring (bicyclic) bond motifs is 1. The zero-order valence-corrected chi connectivity index (χ0v) is 10.6. The minimum absolute atomic E-state index is 0.464. The molecule has 1 nitrogen and oxygen atoms in total. The van der Waals surface area contributed by atoms with Crippen molar-refractivity contribution in [2.45, 2.75) is 19.4 Å². The molecule has 0 aromatic heterocycles. The number of benzene rings is 1. The minimum atomic E-state index is 0.464. The third kappa shape index (κ3) is 1.83. The Labute approximate surface area is 95.2 Å². The van der Waals surface area contributed by atoms with Gasteiger partial charge in [0.1, 0.15) is 0 Å². The molecule has 70 valence electrons. The molecule has 1 aromatic rings. The van der Waals surface area contributed by atoms with E-state index in [2.05, 4.69) is 56.2 Å². The molecule has 13 heavy (non-hydrogen) atoms. The van der Waals surface area contributed by atoms with Crippen molar-refractivity contribution in [3.05, 3.63) is 32.2 Å². The summed E-state index contributed by atoms with van der Waals surface area (Å²) >= 11 is 7.11. The van der Waals surface area contributed by atoms with E-state index >= 15 is 0 Å². The monoisotopic (exact) mass is 303 g/mol. The molecule has 1 N–H and O–H groups in total. The predicted molar refractivity (Wildman–Crippen MR) is 62.0 cm³/mol. The second kappa shape index (κ2) is 3.71. The summed E-state index contributed by atoms with van der Waals surface area (Å²) in [6.45, 7) is 3.29. The maximum Gasteiger partial charge on any atom is 0.0305 e. The van der Waals surface area contributed by atoms with Gasteiger partial charge in [0.2, 0.25) is 0 Å². The zero-order valence-electron chi connectivity index (χ0n) is 7.40. The first kappa shape index (κ1) is 9.69. The largest absolute Gasteiger partial charge is 0.310 e. The maximum atomic E-state index is 3.60. The van der Waals surface area contributed by atoms with Crippen LogP contribution in [0.1, 0.15) is 24.1 Å². The molecule has 0 amide bonds. The summed E-state index contributed by atoms with van der Waals surface area (Å²) in [4.78, 5) is 0. The van der Waals surface area contributed by atoms with Gasteiger partial charge in [-0.3, -0.25) is 0 Å². The molecule has 2 rings (SSSR count). The van der Waals surface area contributed by atoms with E-state index in [-0.39, 0.29) is 0 Å². The van der Waals surface area contributed by atoms with Gasteiger partial charge < -0.3 is 5.32 Å². The molecule has 1 heterocycles. The lowest BCUT2D eigenvalue weighted by molar-refractivity contribution is 0.538. The molecular weight excluding hydrogens is 294 g/mol. The Morgan fingerprint density at radius 3 is 2.92 bits per heavy atom. The average molecular weight is 305 g/mol. The van der Waals surface area contributed by atoms with Gasteiger partial charge in [-0.15, -0.1) is 0 Å². The second-order valence-electron chi connectivity index (χ2n) is 3.39. The highest BCUT2D eigenvalue weighted by Gasteiger charge is 2.18. The van der Waals surface area contributed by atoms with E-state index in [4.69, 9.17) is 0 Å². The molecule has 0 saturated carbocycles. The van der Waals surface area contributed by atoms with Gasteiger partial charge in [-0.2, -0.15) is 0 Å². The van der Waals surface area contributed by atoms with E-state index < -0.39 is 0 Å². The molecule has 1 atom stereocenters. The lowest BCUT2D eigenvalue weighted by Crippen LogP contribution is -2.28. The van der Waals surface area contributed by atoms with E-state index in [1.54, 1.807) is 0 Å². The fourth-order valence-corrected chi connectivity index (χ4v) is 3.51. The molecule has 1 aliphatic rings.